The summed E-state index contributed by atoms with van der Waals surface area (Å²) in [6.07, 6.45) is 1.44. The quantitative estimate of drug-likeness (QED) is 0.689. The number of rotatable bonds is 6. The van der Waals surface area contributed by atoms with Gasteiger partial charge in [-0.25, -0.2) is 4.79 Å². The third-order valence-corrected chi connectivity index (χ3v) is 4.93. The van der Waals surface area contributed by atoms with Gasteiger partial charge in [0.05, 0.1) is 18.3 Å². The van der Waals surface area contributed by atoms with Crippen molar-refractivity contribution in [3.8, 4) is 5.75 Å². The molecule has 0 unspecified atom stereocenters. The van der Waals surface area contributed by atoms with Crippen molar-refractivity contribution >= 4 is 23.5 Å². The highest BCUT2D eigenvalue weighted by molar-refractivity contribution is 6.30. The number of ether oxygens (including phenoxy) is 2. The number of benzene rings is 1. The summed E-state index contributed by atoms with van der Waals surface area (Å²) in [6, 6.07) is 8.72. The molecule has 1 aliphatic heterocycles. The van der Waals surface area contributed by atoms with Crippen LogP contribution in [0.3, 0.4) is 0 Å². The molecule has 150 valence electrons. The molecule has 0 saturated carbocycles. The Labute approximate surface area is 169 Å². The molecule has 0 radical (unpaired) electrons. The third-order valence-electron chi connectivity index (χ3n) is 4.68. The number of carbonyl (C=O) groups is 2. The number of hydrogen-bond donors (Lipinski definition) is 0. The number of esters is 1. The van der Waals surface area contributed by atoms with Gasteiger partial charge in [-0.3, -0.25) is 9.48 Å². The Bertz CT molecular complexity index is 826. The van der Waals surface area contributed by atoms with Gasteiger partial charge in [-0.1, -0.05) is 11.6 Å². The van der Waals surface area contributed by atoms with Gasteiger partial charge < -0.3 is 14.4 Å². The Balaban J connectivity index is 1.55. The van der Waals surface area contributed by atoms with E-state index in [1.807, 2.05) is 6.92 Å². The molecule has 28 heavy (non-hydrogen) atoms. The first-order valence-corrected chi connectivity index (χ1v) is 9.75. The minimum atomic E-state index is -0.363. The molecule has 0 bridgehead atoms. The maximum absolute atomic E-state index is 12.4. The number of halogens is 1. The molecule has 1 aromatic heterocycles. The summed E-state index contributed by atoms with van der Waals surface area (Å²) in [5, 5.41) is 5.09. The zero-order valence-corrected chi connectivity index (χ0v) is 16.8. The molecular weight excluding hydrogens is 382 g/mol. The number of amides is 1. The second kappa shape index (κ2) is 9.10. The number of nitrogens with zero attached hydrogens (tertiary/aromatic N) is 3. The lowest BCUT2D eigenvalue weighted by molar-refractivity contribution is -0.134. The highest BCUT2D eigenvalue weighted by atomic mass is 35.5. The number of hydrogen-bond acceptors (Lipinski definition) is 5. The molecule has 1 saturated heterocycles. The van der Waals surface area contributed by atoms with Crippen molar-refractivity contribution < 1.29 is 19.1 Å². The normalized spacial score (nSPS) is 14.8. The van der Waals surface area contributed by atoms with E-state index in [0.29, 0.717) is 36.2 Å². The van der Waals surface area contributed by atoms with E-state index in [4.69, 9.17) is 21.1 Å². The van der Waals surface area contributed by atoms with E-state index in [-0.39, 0.29) is 24.5 Å². The van der Waals surface area contributed by atoms with E-state index in [0.717, 1.165) is 18.5 Å². The van der Waals surface area contributed by atoms with Crippen LogP contribution in [0.4, 0.5) is 0 Å². The van der Waals surface area contributed by atoms with Gasteiger partial charge in [0.15, 0.2) is 6.61 Å². The Kier molecular flexibility index (Phi) is 6.57. The Morgan fingerprint density at radius 2 is 1.89 bits per heavy atom. The molecule has 1 aliphatic rings. The molecule has 2 heterocycles. The molecule has 0 atom stereocenters. The largest absolute Gasteiger partial charge is 0.484 e. The highest BCUT2D eigenvalue weighted by Gasteiger charge is 2.28. The molecule has 0 aliphatic carbocycles. The van der Waals surface area contributed by atoms with Crippen LogP contribution >= 0.6 is 11.6 Å². The smallest absolute Gasteiger partial charge is 0.356 e. The zero-order valence-electron chi connectivity index (χ0n) is 16.1. The first kappa shape index (κ1) is 20.2. The predicted molar refractivity (Wildman–Crippen MR) is 105 cm³/mol. The summed E-state index contributed by atoms with van der Waals surface area (Å²) in [7, 11) is 0. The minimum Gasteiger partial charge on any atom is -0.484 e. The summed E-state index contributed by atoms with van der Waals surface area (Å²) in [5.74, 6) is 0.187. The van der Waals surface area contributed by atoms with E-state index in [1.54, 1.807) is 46.8 Å². The van der Waals surface area contributed by atoms with Crippen molar-refractivity contribution in [1.82, 2.24) is 14.7 Å². The molecule has 8 heteroatoms. The van der Waals surface area contributed by atoms with Gasteiger partial charge >= 0.3 is 5.97 Å². The number of likely N-dealkylation sites (tertiary alicyclic amines) is 1. The molecule has 1 aromatic carbocycles. The molecule has 1 fully saturated rings. The maximum atomic E-state index is 12.4. The average molecular weight is 406 g/mol. The standard InChI is InChI=1S/C20H24ClN3O4/c1-3-27-20(26)18-12-14(2)22-24(18)16-8-10-23(11-9-16)19(25)13-28-17-6-4-15(21)5-7-17/h4-7,12,16H,3,8-11,13H2,1-2H3. The summed E-state index contributed by atoms with van der Waals surface area (Å²) in [6.45, 7) is 5.13. The lowest BCUT2D eigenvalue weighted by Gasteiger charge is -2.32. The van der Waals surface area contributed by atoms with Crippen molar-refractivity contribution in [3.63, 3.8) is 0 Å². The van der Waals surface area contributed by atoms with Gasteiger partial charge in [0.25, 0.3) is 5.91 Å². The summed E-state index contributed by atoms with van der Waals surface area (Å²) >= 11 is 5.84. The zero-order chi connectivity index (χ0) is 20.1. The van der Waals surface area contributed by atoms with Crippen LogP contribution in [0.1, 0.15) is 42.0 Å². The van der Waals surface area contributed by atoms with E-state index < -0.39 is 0 Å². The second-order valence-corrected chi connectivity index (χ2v) is 7.13. The average Bonchev–Trinajstić information content (AvgIpc) is 3.09. The minimum absolute atomic E-state index is 0.0126. The predicted octanol–water partition coefficient (Wildman–Crippen LogP) is 3.26. The van der Waals surface area contributed by atoms with Crippen molar-refractivity contribution in [2.24, 2.45) is 0 Å². The first-order valence-electron chi connectivity index (χ1n) is 9.37. The number of piperidine rings is 1. The monoisotopic (exact) mass is 405 g/mol. The first-order chi connectivity index (χ1) is 13.5. The fourth-order valence-electron chi connectivity index (χ4n) is 3.28. The van der Waals surface area contributed by atoms with Crippen molar-refractivity contribution in [1.29, 1.82) is 0 Å². The highest BCUT2D eigenvalue weighted by Crippen LogP contribution is 2.25. The lowest BCUT2D eigenvalue weighted by Crippen LogP contribution is -2.41. The fourth-order valence-corrected chi connectivity index (χ4v) is 3.41. The third kappa shape index (κ3) is 4.84. The van der Waals surface area contributed by atoms with E-state index >= 15 is 0 Å². The molecule has 0 N–H and O–H groups in total. The second-order valence-electron chi connectivity index (χ2n) is 6.69. The van der Waals surface area contributed by atoms with Crippen LogP contribution < -0.4 is 4.74 Å². The molecule has 0 spiro atoms. The number of aromatic nitrogens is 2. The van der Waals surface area contributed by atoms with E-state index in [1.165, 1.54) is 0 Å². The topological polar surface area (TPSA) is 73.7 Å². The van der Waals surface area contributed by atoms with Crippen LogP contribution in [0.25, 0.3) is 0 Å². The number of aryl methyl sites for hydroxylation is 1. The molecule has 2 aromatic rings. The van der Waals surface area contributed by atoms with E-state index in [9.17, 15) is 9.59 Å². The summed E-state index contributed by atoms with van der Waals surface area (Å²) in [4.78, 5) is 26.4. The van der Waals surface area contributed by atoms with Gasteiger partial charge in [0.1, 0.15) is 11.4 Å². The van der Waals surface area contributed by atoms with Crippen LogP contribution in [0.5, 0.6) is 5.75 Å². The van der Waals surface area contributed by atoms with Crippen LogP contribution in [0, 0.1) is 6.92 Å². The molecule has 3 rings (SSSR count). The van der Waals surface area contributed by atoms with Crippen molar-refractivity contribution in [2.75, 3.05) is 26.3 Å². The Hall–Kier alpha value is -2.54. The van der Waals surface area contributed by atoms with Crippen molar-refractivity contribution in [2.45, 2.75) is 32.7 Å². The van der Waals surface area contributed by atoms with Gasteiger partial charge in [-0.2, -0.15) is 5.10 Å². The van der Waals surface area contributed by atoms with Gasteiger partial charge in [0.2, 0.25) is 0 Å². The molecule has 1 amide bonds. The van der Waals surface area contributed by atoms with Crippen molar-refractivity contribution in [3.05, 3.63) is 46.7 Å². The molecule has 7 nitrogen and oxygen atoms in total. The maximum Gasteiger partial charge on any atom is 0.356 e. The van der Waals surface area contributed by atoms with Gasteiger partial charge in [0, 0.05) is 18.1 Å². The van der Waals surface area contributed by atoms with Crippen LogP contribution in [0.2, 0.25) is 5.02 Å². The van der Waals surface area contributed by atoms with Crippen LogP contribution in [-0.4, -0.2) is 52.9 Å². The van der Waals surface area contributed by atoms with E-state index in [2.05, 4.69) is 5.10 Å². The molecular formula is C20H24ClN3O4. The SMILES string of the molecule is CCOC(=O)c1cc(C)nn1C1CCN(C(=O)COc2ccc(Cl)cc2)CC1. The van der Waals surface area contributed by atoms with Crippen LogP contribution in [-0.2, 0) is 9.53 Å². The summed E-state index contributed by atoms with van der Waals surface area (Å²) in [5.41, 5.74) is 1.24. The van der Waals surface area contributed by atoms with Gasteiger partial charge in [-0.15, -0.1) is 0 Å². The number of carbonyl (C=O) groups excluding carboxylic acids is 2. The fraction of sp³-hybridized carbons (Fsp3) is 0.450. The lowest BCUT2D eigenvalue weighted by atomic mass is 10.0. The van der Waals surface area contributed by atoms with Gasteiger partial charge in [-0.05, 0) is 57.0 Å². The summed E-state index contributed by atoms with van der Waals surface area (Å²) < 4.78 is 12.4. The Morgan fingerprint density at radius 3 is 2.54 bits per heavy atom. The van der Waals surface area contributed by atoms with Crippen LogP contribution in [0.15, 0.2) is 30.3 Å². The Morgan fingerprint density at radius 1 is 1.21 bits per heavy atom.